The topological polar surface area (TPSA) is 93.4 Å². The summed E-state index contributed by atoms with van der Waals surface area (Å²) in [5, 5.41) is 2.60. The van der Waals surface area contributed by atoms with Gasteiger partial charge in [0.25, 0.3) is 0 Å². The van der Waals surface area contributed by atoms with Crippen molar-refractivity contribution in [1.82, 2.24) is 10.7 Å². The lowest BCUT2D eigenvalue weighted by atomic mass is 9.91. The van der Waals surface area contributed by atoms with Gasteiger partial charge in [0.05, 0.1) is 0 Å². The van der Waals surface area contributed by atoms with Gasteiger partial charge in [-0.3, -0.25) is 16.1 Å². The van der Waals surface area contributed by atoms with E-state index >= 15 is 0 Å². The fourth-order valence-electron chi connectivity index (χ4n) is 1.82. The Labute approximate surface area is 125 Å². The summed E-state index contributed by atoms with van der Waals surface area (Å²) in [4.78, 5) is 24.5. The molecule has 1 amide bonds. The molecule has 6 nitrogen and oxygen atoms in total. The molecule has 21 heavy (non-hydrogen) atoms. The molecule has 0 saturated carbocycles. The minimum Gasteiger partial charge on any atom is -0.444 e. The van der Waals surface area contributed by atoms with Crippen molar-refractivity contribution in [2.24, 2.45) is 5.84 Å². The zero-order valence-electron chi connectivity index (χ0n) is 12.9. The Bertz CT molecular complexity index is 497. The number of hydrogen-bond acceptors (Lipinski definition) is 5. The van der Waals surface area contributed by atoms with Crippen LogP contribution in [0.1, 0.15) is 38.1 Å². The first kappa shape index (κ1) is 17.1. The molecule has 0 fully saturated rings. The minimum absolute atomic E-state index is 0.0833. The smallest absolute Gasteiger partial charge is 0.408 e. The number of alkyl carbamates (subject to hydrolysis) is 1. The molecule has 0 heterocycles. The summed E-state index contributed by atoms with van der Waals surface area (Å²) in [5.41, 5.74) is 1.09. The van der Waals surface area contributed by atoms with E-state index in [-0.39, 0.29) is 12.3 Å². The first-order chi connectivity index (χ1) is 9.68. The number of nitrogens with two attached hydrogens (primary N) is 1. The van der Waals surface area contributed by atoms with Gasteiger partial charge in [-0.1, -0.05) is 30.3 Å². The first-order valence-corrected chi connectivity index (χ1v) is 6.72. The van der Waals surface area contributed by atoms with E-state index in [1.54, 1.807) is 52.0 Å². The van der Waals surface area contributed by atoms with Crippen molar-refractivity contribution < 1.29 is 14.3 Å². The molecule has 116 valence electrons. The third kappa shape index (κ3) is 5.17. The fraction of sp³-hybridized carbons (Fsp3) is 0.467. The largest absolute Gasteiger partial charge is 0.444 e. The molecule has 1 rings (SSSR count). The summed E-state index contributed by atoms with van der Waals surface area (Å²) in [6.07, 6.45) is -0.662. The van der Waals surface area contributed by atoms with E-state index in [4.69, 9.17) is 10.6 Å². The van der Waals surface area contributed by atoms with Crippen molar-refractivity contribution in [2.45, 2.75) is 38.8 Å². The predicted octanol–water partition coefficient (Wildman–Crippen LogP) is 1.62. The molecule has 0 radical (unpaired) electrons. The van der Waals surface area contributed by atoms with Crippen molar-refractivity contribution >= 4 is 11.9 Å². The van der Waals surface area contributed by atoms with Gasteiger partial charge < -0.3 is 10.1 Å². The molecule has 0 aliphatic heterocycles. The van der Waals surface area contributed by atoms with Crippen molar-refractivity contribution in [1.29, 1.82) is 0 Å². The van der Waals surface area contributed by atoms with Crippen LogP contribution in [0, 0.1) is 0 Å². The highest BCUT2D eigenvalue weighted by atomic mass is 16.6. The van der Waals surface area contributed by atoms with Gasteiger partial charge in [0, 0.05) is 12.1 Å². The number of carbonyl (C=O) groups excluding carboxylic acids is 2. The maximum atomic E-state index is 12.6. The normalized spacial score (nSPS) is 14.1. The molecular formula is C15H23N3O3. The van der Waals surface area contributed by atoms with Crippen molar-refractivity contribution in [3.63, 3.8) is 0 Å². The predicted molar refractivity (Wildman–Crippen MR) is 80.7 cm³/mol. The van der Waals surface area contributed by atoms with Crippen LogP contribution in [-0.4, -0.2) is 29.6 Å². The molecule has 0 aliphatic rings. The number of ketones is 1. The molecule has 0 saturated heterocycles. The van der Waals surface area contributed by atoms with Crippen molar-refractivity contribution in [2.75, 3.05) is 6.54 Å². The Morgan fingerprint density at radius 3 is 2.19 bits per heavy atom. The van der Waals surface area contributed by atoms with Crippen molar-refractivity contribution in [3.8, 4) is 0 Å². The summed E-state index contributed by atoms with van der Waals surface area (Å²) in [6, 6.07) is 8.71. The molecule has 1 aromatic rings. The number of ether oxygens (including phenoxy) is 1. The maximum absolute atomic E-state index is 12.6. The highest BCUT2D eigenvalue weighted by Gasteiger charge is 2.36. The number of carbonyl (C=O) groups is 2. The van der Waals surface area contributed by atoms with E-state index in [9.17, 15) is 9.59 Å². The Hall–Kier alpha value is -1.92. The van der Waals surface area contributed by atoms with Gasteiger partial charge in [0.2, 0.25) is 0 Å². The second-order valence-corrected chi connectivity index (χ2v) is 6.04. The second kappa shape index (κ2) is 6.69. The zero-order valence-corrected chi connectivity index (χ0v) is 12.9. The molecular weight excluding hydrogens is 270 g/mol. The molecule has 6 heteroatoms. The van der Waals surface area contributed by atoms with Gasteiger partial charge in [-0.15, -0.1) is 0 Å². The lowest BCUT2D eigenvalue weighted by Crippen LogP contribution is -2.59. The van der Waals surface area contributed by atoms with E-state index in [1.807, 2.05) is 6.07 Å². The monoisotopic (exact) mass is 293 g/mol. The molecule has 1 unspecified atom stereocenters. The number of amides is 1. The van der Waals surface area contributed by atoms with Gasteiger partial charge in [0.15, 0.2) is 5.78 Å². The molecule has 0 bridgehead atoms. The number of benzene rings is 1. The standard InChI is InChI=1S/C15H23N3O3/c1-14(2,3)21-13(20)18-15(4,10-17-16)12(19)11-8-6-5-7-9-11/h5-9,17H,10,16H2,1-4H3,(H,18,20). The Morgan fingerprint density at radius 1 is 1.14 bits per heavy atom. The SMILES string of the molecule is CC(C)(C)OC(=O)NC(C)(CNN)C(=O)c1ccccc1. The maximum Gasteiger partial charge on any atom is 0.408 e. The van der Waals surface area contributed by atoms with Gasteiger partial charge in [0.1, 0.15) is 11.1 Å². The zero-order chi connectivity index (χ0) is 16.1. The van der Waals surface area contributed by atoms with Crippen molar-refractivity contribution in [3.05, 3.63) is 35.9 Å². The van der Waals surface area contributed by atoms with Crippen LogP contribution in [0.4, 0.5) is 4.79 Å². The molecule has 4 N–H and O–H groups in total. The number of hydrogen-bond donors (Lipinski definition) is 3. The van der Waals surface area contributed by atoms with Crippen LogP contribution in [0.25, 0.3) is 0 Å². The third-order valence-electron chi connectivity index (χ3n) is 2.77. The average Bonchev–Trinajstić information content (AvgIpc) is 2.36. The van der Waals surface area contributed by atoms with Gasteiger partial charge >= 0.3 is 6.09 Å². The number of rotatable bonds is 5. The third-order valence-corrected chi connectivity index (χ3v) is 2.77. The first-order valence-electron chi connectivity index (χ1n) is 6.72. The second-order valence-electron chi connectivity index (χ2n) is 6.04. The molecule has 0 aromatic heterocycles. The molecule has 0 spiro atoms. The van der Waals surface area contributed by atoms with E-state index in [0.29, 0.717) is 5.56 Å². The lowest BCUT2D eigenvalue weighted by molar-refractivity contribution is 0.0443. The summed E-state index contributed by atoms with van der Waals surface area (Å²) in [7, 11) is 0. The Balaban J connectivity index is 2.92. The number of nitrogens with one attached hydrogen (secondary N) is 2. The molecule has 1 aromatic carbocycles. The van der Waals surface area contributed by atoms with Crippen LogP contribution in [0.15, 0.2) is 30.3 Å². The Morgan fingerprint density at radius 2 is 1.71 bits per heavy atom. The van der Waals surface area contributed by atoms with E-state index in [1.165, 1.54) is 0 Å². The quantitative estimate of drug-likeness (QED) is 0.436. The van der Waals surface area contributed by atoms with Crippen LogP contribution in [0.5, 0.6) is 0 Å². The Kier molecular flexibility index (Phi) is 5.46. The van der Waals surface area contributed by atoms with Crippen LogP contribution in [0.2, 0.25) is 0 Å². The summed E-state index contributed by atoms with van der Waals surface area (Å²) >= 11 is 0. The fourth-order valence-corrected chi connectivity index (χ4v) is 1.82. The van der Waals surface area contributed by atoms with E-state index in [2.05, 4.69) is 10.7 Å². The van der Waals surface area contributed by atoms with Gasteiger partial charge in [-0.2, -0.15) is 0 Å². The number of Topliss-reactive ketones (excluding diaryl/α,β-unsaturated/α-hetero) is 1. The summed E-state index contributed by atoms with van der Waals surface area (Å²) < 4.78 is 5.19. The van der Waals surface area contributed by atoms with Crippen LogP contribution >= 0.6 is 0 Å². The summed E-state index contributed by atoms with van der Waals surface area (Å²) in [6.45, 7) is 6.95. The van der Waals surface area contributed by atoms with Crippen LogP contribution in [-0.2, 0) is 4.74 Å². The molecule has 0 aliphatic carbocycles. The lowest BCUT2D eigenvalue weighted by Gasteiger charge is -2.30. The van der Waals surface area contributed by atoms with Crippen LogP contribution < -0.4 is 16.6 Å². The minimum atomic E-state index is -1.20. The van der Waals surface area contributed by atoms with Gasteiger partial charge in [-0.25, -0.2) is 4.79 Å². The highest BCUT2D eigenvalue weighted by Crippen LogP contribution is 2.15. The highest BCUT2D eigenvalue weighted by molar-refractivity contribution is 6.04. The average molecular weight is 293 g/mol. The van der Waals surface area contributed by atoms with E-state index < -0.39 is 17.2 Å². The van der Waals surface area contributed by atoms with Gasteiger partial charge in [-0.05, 0) is 27.7 Å². The number of hydrazine groups is 1. The summed E-state index contributed by atoms with van der Waals surface area (Å²) in [5.74, 6) is 5.10. The molecule has 1 atom stereocenters. The van der Waals surface area contributed by atoms with Crippen LogP contribution in [0.3, 0.4) is 0 Å². The van der Waals surface area contributed by atoms with E-state index in [0.717, 1.165) is 0 Å².